The van der Waals surface area contributed by atoms with Crippen LogP contribution in [-0.2, 0) is 10.8 Å². The van der Waals surface area contributed by atoms with Crippen LogP contribution in [0, 0.1) is 6.92 Å². The first-order valence-corrected chi connectivity index (χ1v) is 17.7. The topological polar surface area (TPSA) is 0 Å². The summed E-state index contributed by atoms with van der Waals surface area (Å²) in [6, 6.07) is 36.2. The molecule has 1 aliphatic rings. The fourth-order valence-electron chi connectivity index (χ4n) is 6.17. The van der Waals surface area contributed by atoms with Gasteiger partial charge in [-0.3, -0.25) is 0 Å². The van der Waals surface area contributed by atoms with Gasteiger partial charge >= 0.3 is 227 Å². The molecule has 0 nitrogen and oxygen atoms in total. The summed E-state index contributed by atoms with van der Waals surface area (Å²) < 4.78 is 0. The molecule has 0 N–H and O–H groups in total. The summed E-state index contributed by atoms with van der Waals surface area (Å²) in [6.45, 7) is 14.4. The van der Waals surface area contributed by atoms with E-state index >= 15 is 0 Å². The van der Waals surface area contributed by atoms with Crippen LogP contribution in [0.15, 0.2) is 97.1 Å². The average molecular weight is 558 g/mol. The molecule has 5 rings (SSSR count). The Labute approximate surface area is 225 Å². The zero-order valence-electron chi connectivity index (χ0n) is 22.5. The predicted octanol–water partition coefficient (Wildman–Crippen LogP) is 8.78. The Bertz CT molecular complexity index is 1370. The van der Waals surface area contributed by atoms with Crippen molar-refractivity contribution in [2.24, 2.45) is 0 Å². The molecule has 0 saturated heterocycles. The van der Waals surface area contributed by atoms with Crippen molar-refractivity contribution in [2.45, 2.75) is 58.3 Å². The van der Waals surface area contributed by atoms with Gasteiger partial charge in [-0.2, -0.15) is 0 Å². The standard InChI is InChI=1S/C34H38BrP/c1-25-23-30-31(34(4,5)22-21-33(30,2)3)24-29(25)28-19-13-14-20-32(28)36(6,35,26-15-9-7-10-16-26)27-17-11-8-12-18-27/h7-20,23-24H,21-22H2,1-6H3. The van der Waals surface area contributed by atoms with E-state index in [1.165, 1.54) is 56.6 Å². The molecule has 0 saturated carbocycles. The molecule has 0 radical (unpaired) electrons. The van der Waals surface area contributed by atoms with Gasteiger partial charge in [-0.25, -0.2) is 0 Å². The van der Waals surface area contributed by atoms with E-state index in [0.29, 0.717) is 0 Å². The molecule has 0 bridgehead atoms. The van der Waals surface area contributed by atoms with E-state index in [1.54, 1.807) is 0 Å². The molecule has 1 aliphatic carbocycles. The second-order valence-electron chi connectivity index (χ2n) is 12.1. The minimum atomic E-state index is -2.93. The zero-order chi connectivity index (χ0) is 25.8. The molecular weight excluding hydrogens is 519 g/mol. The van der Waals surface area contributed by atoms with E-state index in [9.17, 15) is 0 Å². The third-order valence-electron chi connectivity index (χ3n) is 8.71. The van der Waals surface area contributed by atoms with E-state index in [1.807, 2.05) is 0 Å². The Kier molecular flexibility index (Phi) is 6.13. The van der Waals surface area contributed by atoms with Gasteiger partial charge in [0.05, 0.1) is 0 Å². The van der Waals surface area contributed by atoms with Crippen molar-refractivity contribution in [1.82, 2.24) is 0 Å². The zero-order valence-corrected chi connectivity index (χ0v) is 25.0. The Morgan fingerprint density at radius 2 is 1.06 bits per heavy atom. The number of benzene rings is 4. The summed E-state index contributed by atoms with van der Waals surface area (Å²) >= 11 is 4.53. The first kappa shape index (κ1) is 25.4. The Morgan fingerprint density at radius 3 is 1.58 bits per heavy atom. The Balaban J connectivity index is 1.84. The van der Waals surface area contributed by atoms with E-state index in [2.05, 4.69) is 154 Å². The number of hydrogen-bond acceptors (Lipinski definition) is 0. The summed E-state index contributed by atoms with van der Waals surface area (Å²) in [7, 11) is 0. The van der Waals surface area contributed by atoms with Crippen molar-refractivity contribution in [3.63, 3.8) is 0 Å². The van der Waals surface area contributed by atoms with Gasteiger partial charge in [0.25, 0.3) is 0 Å². The van der Waals surface area contributed by atoms with Crippen LogP contribution in [-0.4, -0.2) is 6.66 Å². The molecule has 0 unspecified atom stereocenters. The van der Waals surface area contributed by atoms with Gasteiger partial charge in [-0.05, 0) is 0 Å². The second kappa shape index (κ2) is 8.68. The van der Waals surface area contributed by atoms with Gasteiger partial charge in [0.2, 0.25) is 0 Å². The molecule has 0 aliphatic heterocycles. The van der Waals surface area contributed by atoms with Crippen LogP contribution in [0.2, 0.25) is 0 Å². The molecule has 0 heterocycles. The Morgan fingerprint density at radius 1 is 0.611 bits per heavy atom. The van der Waals surface area contributed by atoms with Crippen molar-refractivity contribution >= 4 is 36.7 Å². The van der Waals surface area contributed by atoms with Crippen LogP contribution in [0.25, 0.3) is 11.1 Å². The van der Waals surface area contributed by atoms with Crippen LogP contribution < -0.4 is 15.9 Å². The maximum absolute atomic E-state index is 4.53. The summed E-state index contributed by atoms with van der Waals surface area (Å²) in [6.07, 6.45) is 2.45. The summed E-state index contributed by atoms with van der Waals surface area (Å²) in [5.41, 5.74) is 7.48. The molecule has 4 aromatic carbocycles. The van der Waals surface area contributed by atoms with Crippen LogP contribution in [0.5, 0.6) is 0 Å². The normalized spacial score (nSPS) is 17.6. The number of fused-ring (bicyclic) bond motifs is 1. The molecule has 0 amide bonds. The number of aryl methyl sites for hydroxylation is 1. The van der Waals surface area contributed by atoms with Gasteiger partial charge in [0.1, 0.15) is 0 Å². The molecule has 36 heavy (non-hydrogen) atoms. The van der Waals surface area contributed by atoms with Gasteiger partial charge in [-0.1, -0.05) is 0 Å². The second-order valence-corrected chi connectivity index (χ2v) is 21.8. The van der Waals surface area contributed by atoms with E-state index in [-0.39, 0.29) is 10.8 Å². The van der Waals surface area contributed by atoms with E-state index in [4.69, 9.17) is 0 Å². The fraction of sp³-hybridized carbons (Fsp3) is 0.294. The molecule has 0 aromatic heterocycles. The Hall–Kier alpha value is -2.21. The van der Waals surface area contributed by atoms with Gasteiger partial charge < -0.3 is 0 Å². The van der Waals surface area contributed by atoms with Crippen molar-refractivity contribution in [3.05, 3.63) is 114 Å². The molecule has 0 fully saturated rings. The van der Waals surface area contributed by atoms with Crippen molar-refractivity contribution < 1.29 is 0 Å². The molecule has 4 aromatic rings. The van der Waals surface area contributed by atoms with Crippen LogP contribution in [0.4, 0.5) is 0 Å². The average Bonchev–Trinajstić information content (AvgIpc) is 2.88. The predicted molar refractivity (Wildman–Crippen MR) is 165 cm³/mol. The van der Waals surface area contributed by atoms with Crippen molar-refractivity contribution in [2.75, 3.05) is 6.66 Å². The summed E-state index contributed by atoms with van der Waals surface area (Å²) in [4.78, 5) is 0. The molecule has 0 atom stereocenters. The van der Waals surface area contributed by atoms with Crippen LogP contribution in [0.3, 0.4) is 0 Å². The number of halogens is 1. The minimum absolute atomic E-state index is 0.174. The van der Waals surface area contributed by atoms with E-state index in [0.717, 1.165) is 0 Å². The molecule has 0 spiro atoms. The molecular formula is C34H38BrP. The summed E-state index contributed by atoms with van der Waals surface area (Å²) in [5, 5.41) is 1.15. The first-order chi connectivity index (χ1) is 16.9. The third-order valence-corrected chi connectivity index (χ3v) is 16.9. The van der Waals surface area contributed by atoms with Gasteiger partial charge in [-0.15, -0.1) is 0 Å². The maximum atomic E-state index is 4.53. The van der Waals surface area contributed by atoms with Gasteiger partial charge in [0, 0.05) is 0 Å². The van der Waals surface area contributed by atoms with Crippen molar-refractivity contribution in [3.8, 4) is 11.1 Å². The van der Waals surface area contributed by atoms with Crippen molar-refractivity contribution in [1.29, 1.82) is 0 Å². The van der Waals surface area contributed by atoms with E-state index < -0.39 is 5.31 Å². The number of rotatable bonds is 4. The monoisotopic (exact) mass is 556 g/mol. The third kappa shape index (κ3) is 3.91. The number of hydrogen-bond donors (Lipinski definition) is 0. The quantitative estimate of drug-likeness (QED) is 0.220. The summed E-state index contributed by atoms with van der Waals surface area (Å²) in [5.74, 6) is 0. The molecule has 186 valence electrons. The van der Waals surface area contributed by atoms with Crippen LogP contribution in [0.1, 0.15) is 57.2 Å². The SMILES string of the molecule is Cc1cc2c(cc1-c1ccccc1P(C)(Br)(c1ccccc1)c1ccccc1)C(C)(C)CCC2(C)C. The fourth-order valence-corrected chi connectivity index (χ4v) is 12.3. The van der Waals surface area contributed by atoms with Gasteiger partial charge in [0.15, 0.2) is 0 Å². The molecule has 2 heteroatoms. The van der Waals surface area contributed by atoms with Crippen LogP contribution >= 0.6 is 20.8 Å². The first-order valence-electron chi connectivity index (χ1n) is 13.0.